The van der Waals surface area contributed by atoms with Crippen LogP contribution in [0.5, 0.6) is 17.2 Å². The first-order chi connectivity index (χ1) is 19.0. The first-order valence-electron chi connectivity index (χ1n) is 13.2. The lowest BCUT2D eigenvalue weighted by Gasteiger charge is -2.26. The van der Waals surface area contributed by atoms with Gasteiger partial charge in [-0.1, -0.05) is 19.9 Å². The van der Waals surface area contributed by atoms with E-state index in [0.29, 0.717) is 34.7 Å². The quantitative estimate of drug-likeness (QED) is 0.206. The topological polar surface area (TPSA) is 99.5 Å². The lowest BCUT2D eigenvalue weighted by Crippen LogP contribution is -2.29. The highest BCUT2D eigenvalue weighted by Crippen LogP contribution is 2.45. The second-order valence-corrected chi connectivity index (χ2v) is 10.3. The fourth-order valence-corrected chi connectivity index (χ4v) is 5.02. The van der Waals surface area contributed by atoms with Crippen molar-refractivity contribution in [2.75, 3.05) is 37.6 Å². The Balaban J connectivity index is 1.99. The van der Waals surface area contributed by atoms with Gasteiger partial charge < -0.3 is 24.6 Å². The molecule has 1 amide bonds. The van der Waals surface area contributed by atoms with Gasteiger partial charge in [0.1, 0.15) is 11.5 Å². The van der Waals surface area contributed by atoms with Gasteiger partial charge in [0.05, 0.1) is 25.3 Å². The summed E-state index contributed by atoms with van der Waals surface area (Å²) in [5.74, 6) is -0.911. The number of aromatic hydroxyl groups is 1. The van der Waals surface area contributed by atoms with Crippen molar-refractivity contribution in [3.63, 3.8) is 0 Å². The maximum atomic E-state index is 13.7. The summed E-state index contributed by atoms with van der Waals surface area (Å²) >= 11 is 0. The second kappa shape index (κ2) is 11.3. The molecule has 0 radical (unpaired) electrons. The Kier molecular flexibility index (Phi) is 8.09. The van der Waals surface area contributed by atoms with Crippen molar-refractivity contribution in [3.8, 4) is 17.2 Å². The van der Waals surface area contributed by atoms with E-state index in [1.807, 2.05) is 64.0 Å². The molecule has 1 atom stereocenters. The number of phenolic OH excluding ortho intramolecular Hbond substituents is 1. The molecule has 8 nitrogen and oxygen atoms in total. The Morgan fingerprint density at radius 3 is 2.27 bits per heavy atom. The molecule has 0 aliphatic carbocycles. The minimum atomic E-state index is -0.964. The van der Waals surface area contributed by atoms with Crippen LogP contribution in [0.1, 0.15) is 55.0 Å². The molecule has 8 heteroatoms. The highest BCUT2D eigenvalue weighted by Gasteiger charge is 2.47. The van der Waals surface area contributed by atoms with Gasteiger partial charge in [0.25, 0.3) is 11.7 Å². The summed E-state index contributed by atoms with van der Waals surface area (Å²) in [6.45, 7) is 7.95. The van der Waals surface area contributed by atoms with Crippen molar-refractivity contribution in [1.82, 2.24) is 0 Å². The van der Waals surface area contributed by atoms with Crippen LogP contribution in [-0.4, -0.2) is 49.7 Å². The number of Topliss-reactive ketones (excluding diaryl/α,β-unsaturated/α-hetero) is 1. The van der Waals surface area contributed by atoms with Crippen LogP contribution in [0.3, 0.4) is 0 Å². The number of carbonyl (C=O) groups is 2. The number of nitrogens with zero attached hydrogens (tertiary/aromatic N) is 2. The van der Waals surface area contributed by atoms with Gasteiger partial charge in [0.15, 0.2) is 11.5 Å². The molecule has 3 aromatic carbocycles. The maximum absolute atomic E-state index is 13.7. The Labute approximate surface area is 235 Å². The average Bonchev–Trinajstić information content (AvgIpc) is 3.19. The van der Waals surface area contributed by atoms with Crippen LogP contribution in [0.25, 0.3) is 5.76 Å². The van der Waals surface area contributed by atoms with Crippen LogP contribution in [0.15, 0.2) is 60.2 Å². The number of amides is 1. The number of rotatable bonds is 8. The molecule has 210 valence electrons. The number of carbonyl (C=O) groups excluding carboxylic acids is 2. The third kappa shape index (κ3) is 5.09. The molecule has 0 spiro atoms. The fourth-order valence-electron chi connectivity index (χ4n) is 5.02. The van der Waals surface area contributed by atoms with Gasteiger partial charge >= 0.3 is 0 Å². The van der Waals surface area contributed by atoms with E-state index in [1.165, 1.54) is 11.0 Å². The summed E-state index contributed by atoms with van der Waals surface area (Å²) in [5.41, 5.74) is 3.89. The van der Waals surface area contributed by atoms with Gasteiger partial charge in [0, 0.05) is 31.0 Å². The number of aliphatic hydroxyl groups excluding tert-OH is 1. The first kappa shape index (κ1) is 28.5. The molecular formula is C32H36N2O6. The zero-order chi connectivity index (χ0) is 29.3. The highest BCUT2D eigenvalue weighted by atomic mass is 16.5. The van der Waals surface area contributed by atoms with Crippen LogP contribution >= 0.6 is 0 Å². The molecule has 4 rings (SSSR count). The Morgan fingerprint density at radius 2 is 1.70 bits per heavy atom. The number of benzene rings is 3. The van der Waals surface area contributed by atoms with Gasteiger partial charge in [-0.2, -0.15) is 0 Å². The first-order valence-corrected chi connectivity index (χ1v) is 13.2. The molecular weight excluding hydrogens is 508 g/mol. The smallest absolute Gasteiger partial charge is 0.300 e. The summed E-state index contributed by atoms with van der Waals surface area (Å²) in [5, 5.41) is 22.1. The van der Waals surface area contributed by atoms with Gasteiger partial charge in [0.2, 0.25) is 0 Å². The van der Waals surface area contributed by atoms with E-state index in [1.54, 1.807) is 38.3 Å². The molecule has 3 aromatic rings. The van der Waals surface area contributed by atoms with E-state index >= 15 is 0 Å². The normalized spacial score (nSPS) is 16.5. The zero-order valence-electron chi connectivity index (χ0n) is 24.0. The number of phenols is 1. The van der Waals surface area contributed by atoms with Crippen LogP contribution in [-0.2, 0) is 9.59 Å². The van der Waals surface area contributed by atoms with Crippen LogP contribution < -0.4 is 19.3 Å². The van der Waals surface area contributed by atoms with E-state index in [0.717, 1.165) is 11.3 Å². The second-order valence-electron chi connectivity index (χ2n) is 10.3. The van der Waals surface area contributed by atoms with Gasteiger partial charge in [-0.05, 0) is 85.0 Å². The predicted octanol–water partition coefficient (Wildman–Crippen LogP) is 5.92. The molecule has 1 heterocycles. The van der Waals surface area contributed by atoms with Crippen molar-refractivity contribution in [2.45, 2.75) is 39.7 Å². The lowest BCUT2D eigenvalue weighted by atomic mass is 9.91. The molecule has 0 bridgehead atoms. The number of hydrogen-bond acceptors (Lipinski definition) is 7. The van der Waals surface area contributed by atoms with Crippen molar-refractivity contribution in [1.29, 1.82) is 0 Å². The van der Waals surface area contributed by atoms with E-state index in [9.17, 15) is 19.8 Å². The predicted molar refractivity (Wildman–Crippen MR) is 157 cm³/mol. The number of aliphatic hydroxyl groups is 1. The van der Waals surface area contributed by atoms with E-state index in [4.69, 9.17) is 9.47 Å². The average molecular weight is 545 g/mol. The summed E-state index contributed by atoms with van der Waals surface area (Å²) in [6, 6.07) is 14.6. The third-order valence-corrected chi connectivity index (χ3v) is 7.14. The summed E-state index contributed by atoms with van der Waals surface area (Å²) in [4.78, 5) is 30.6. The lowest BCUT2D eigenvalue weighted by molar-refractivity contribution is -0.132. The zero-order valence-corrected chi connectivity index (χ0v) is 24.0. The molecule has 0 saturated carbocycles. The summed E-state index contributed by atoms with van der Waals surface area (Å²) in [6.07, 6.45) is 0. The number of aryl methyl sites for hydroxylation is 1. The van der Waals surface area contributed by atoms with E-state index in [2.05, 4.69) is 0 Å². The number of methoxy groups -OCH3 is 1. The molecule has 0 aromatic heterocycles. The van der Waals surface area contributed by atoms with Crippen molar-refractivity contribution >= 4 is 28.8 Å². The largest absolute Gasteiger partial charge is 0.507 e. The van der Waals surface area contributed by atoms with Crippen molar-refractivity contribution in [2.24, 2.45) is 0 Å². The molecule has 40 heavy (non-hydrogen) atoms. The Bertz CT molecular complexity index is 1470. The minimum Gasteiger partial charge on any atom is -0.507 e. The van der Waals surface area contributed by atoms with Crippen molar-refractivity contribution < 1.29 is 29.3 Å². The molecule has 1 aliphatic rings. The Morgan fingerprint density at radius 1 is 1.02 bits per heavy atom. The number of ketones is 1. The van der Waals surface area contributed by atoms with Crippen LogP contribution in [0.4, 0.5) is 11.4 Å². The van der Waals surface area contributed by atoms with Crippen LogP contribution in [0.2, 0.25) is 0 Å². The Hall–Kier alpha value is -4.46. The van der Waals surface area contributed by atoms with Gasteiger partial charge in [-0.15, -0.1) is 0 Å². The maximum Gasteiger partial charge on any atom is 0.300 e. The van der Waals surface area contributed by atoms with E-state index < -0.39 is 17.7 Å². The molecule has 1 fully saturated rings. The molecule has 1 saturated heterocycles. The standard InChI is InChI=1S/C32H36N2O6/c1-8-40-27-16-20(9-14-25(27)35)29-28(30(36)24-17-23(18(2)3)26(39-7)15-19(24)4)31(37)32(38)34(29)22-12-10-21(11-13-22)33(5)6/h9-18,29,35-36H,8H2,1-7H3/b30-28+. The molecule has 2 N–H and O–H groups in total. The number of hydrogen-bond donors (Lipinski definition) is 2. The van der Waals surface area contributed by atoms with E-state index in [-0.39, 0.29) is 28.7 Å². The molecule has 1 unspecified atom stereocenters. The van der Waals surface area contributed by atoms with Gasteiger partial charge in [-0.3, -0.25) is 14.5 Å². The van der Waals surface area contributed by atoms with Crippen LogP contribution in [0, 0.1) is 6.92 Å². The van der Waals surface area contributed by atoms with Gasteiger partial charge in [-0.25, -0.2) is 0 Å². The minimum absolute atomic E-state index is 0.0437. The molecule has 1 aliphatic heterocycles. The van der Waals surface area contributed by atoms with Crippen molar-refractivity contribution in [3.05, 3.63) is 82.4 Å². The summed E-state index contributed by atoms with van der Waals surface area (Å²) < 4.78 is 11.2. The number of ether oxygens (including phenoxy) is 2. The SMILES string of the molecule is CCOc1cc(C2/C(=C(\O)c3cc(C(C)C)c(OC)cc3C)C(=O)C(=O)N2c2ccc(N(C)C)cc2)ccc1O. The fraction of sp³-hybridized carbons (Fsp3) is 0.312. The highest BCUT2D eigenvalue weighted by molar-refractivity contribution is 6.51. The summed E-state index contributed by atoms with van der Waals surface area (Å²) in [7, 11) is 5.42. The third-order valence-electron chi connectivity index (χ3n) is 7.14. The monoisotopic (exact) mass is 544 g/mol. The number of anilines is 2.